The molecule has 1 aromatic heterocycles. The summed E-state index contributed by atoms with van der Waals surface area (Å²) in [6, 6.07) is 0.165. The smallest absolute Gasteiger partial charge is 0.324 e. The first kappa shape index (κ1) is 16.0. The molecular weight excluding hydrogens is 349 g/mol. The summed E-state index contributed by atoms with van der Waals surface area (Å²) in [6.07, 6.45) is -0.941. The average molecular weight is 360 g/mol. The number of aliphatic hydroxyl groups excluding tert-OH is 1. The summed E-state index contributed by atoms with van der Waals surface area (Å²) < 4.78 is 30.7. The quantitative estimate of drug-likeness (QED) is 0.823. The number of aliphatic hydroxyl groups is 1. The number of hydrogen-bond acceptors (Lipinski definition) is 6. The predicted molar refractivity (Wildman–Crippen MR) is 74.7 cm³/mol. The number of sulfonamides is 1. The lowest BCUT2D eigenvalue weighted by Gasteiger charge is -2.21. The fourth-order valence-electron chi connectivity index (χ4n) is 2.03. The first-order chi connectivity index (χ1) is 9.27. The highest BCUT2D eigenvalue weighted by molar-refractivity contribution is 7.89. The van der Waals surface area contributed by atoms with Crippen LogP contribution < -0.4 is 0 Å². The predicted octanol–water partition coefficient (Wildman–Crippen LogP) is 1.35. The average Bonchev–Trinajstić information content (AvgIpc) is 2.92. The largest absolute Gasteiger partial charge is 0.468 e. The molecule has 20 heavy (non-hydrogen) atoms. The Morgan fingerprint density at radius 2 is 2.20 bits per heavy atom. The molecule has 1 aliphatic rings. The van der Waals surface area contributed by atoms with Crippen LogP contribution in [0.1, 0.15) is 6.42 Å². The van der Waals surface area contributed by atoms with Crippen LogP contribution in [0.15, 0.2) is 11.0 Å². The highest BCUT2D eigenvalue weighted by Crippen LogP contribution is 2.37. The van der Waals surface area contributed by atoms with Crippen molar-refractivity contribution in [1.82, 2.24) is 4.31 Å². The minimum absolute atomic E-state index is 0.0125. The SMILES string of the molecule is COC(=O)C1CC(O)CN1S(=O)(=O)c1cc(Cl)sc1Cl. The summed E-state index contributed by atoms with van der Waals surface area (Å²) >= 11 is 12.5. The molecule has 0 bridgehead atoms. The van der Waals surface area contributed by atoms with Crippen LogP contribution in [-0.4, -0.2) is 49.6 Å². The lowest BCUT2D eigenvalue weighted by atomic mass is 10.2. The number of hydrogen-bond donors (Lipinski definition) is 1. The van der Waals surface area contributed by atoms with E-state index in [2.05, 4.69) is 4.74 Å². The van der Waals surface area contributed by atoms with Gasteiger partial charge in [-0.05, 0) is 6.07 Å². The molecule has 1 fully saturated rings. The Balaban J connectivity index is 2.42. The molecular formula is C10H11Cl2NO5S2. The number of nitrogens with zero attached hydrogens (tertiary/aromatic N) is 1. The van der Waals surface area contributed by atoms with Crippen LogP contribution in [-0.2, 0) is 19.6 Å². The molecule has 0 aliphatic carbocycles. The molecule has 6 nitrogen and oxygen atoms in total. The van der Waals surface area contributed by atoms with E-state index in [-0.39, 0.29) is 26.5 Å². The summed E-state index contributed by atoms with van der Waals surface area (Å²) in [5.74, 6) is -0.720. The second kappa shape index (κ2) is 5.78. The van der Waals surface area contributed by atoms with Crippen LogP contribution in [0.5, 0.6) is 0 Å². The minimum Gasteiger partial charge on any atom is -0.468 e. The molecule has 2 rings (SSSR count). The Kier molecular flexibility index (Phi) is 4.63. The van der Waals surface area contributed by atoms with Crippen molar-refractivity contribution in [3.05, 3.63) is 14.7 Å². The van der Waals surface area contributed by atoms with Gasteiger partial charge in [-0.15, -0.1) is 11.3 Å². The maximum atomic E-state index is 12.5. The van der Waals surface area contributed by atoms with Gasteiger partial charge in [-0.3, -0.25) is 4.79 Å². The Bertz CT molecular complexity index is 630. The van der Waals surface area contributed by atoms with Crippen LogP contribution in [0.2, 0.25) is 8.67 Å². The van der Waals surface area contributed by atoms with Crippen molar-refractivity contribution in [1.29, 1.82) is 0 Å². The van der Waals surface area contributed by atoms with Crippen molar-refractivity contribution < 1.29 is 23.1 Å². The van der Waals surface area contributed by atoms with Gasteiger partial charge in [0.25, 0.3) is 0 Å². The highest BCUT2D eigenvalue weighted by Gasteiger charge is 2.45. The third kappa shape index (κ3) is 2.81. The molecule has 0 aromatic carbocycles. The van der Waals surface area contributed by atoms with Gasteiger partial charge in [0.1, 0.15) is 15.3 Å². The summed E-state index contributed by atoms with van der Waals surface area (Å²) in [5, 5.41) is 9.63. The number of β-amino-alcohol motifs (C(OH)–C–C–N with tert-alkyl or cyclic N) is 1. The van der Waals surface area contributed by atoms with Gasteiger partial charge in [-0.1, -0.05) is 23.2 Å². The van der Waals surface area contributed by atoms with E-state index < -0.39 is 28.1 Å². The number of carbonyl (C=O) groups is 1. The van der Waals surface area contributed by atoms with Crippen molar-refractivity contribution in [2.24, 2.45) is 0 Å². The van der Waals surface area contributed by atoms with Crippen molar-refractivity contribution in [2.45, 2.75) is 23.5 Å². The highest BCUT2D eigenvalue weighted by atomic mass is 35.5. The molecule has 2 unspecified atom stereocenters. The molecule has 0 saturated carbocycles. The van der Waals surface area contributed by atoms with E-state index in [4.69, 9.17) is 23.2 Å². The summed E-state index contributed by atoms with van der Waals surface area (Å²) in [5.41, 5.74) is 0. The van der Waals surface area contributed by atoms with Crippen LogP contribution in [0.4, 0.5) is 0 Å². The lowest BCUT2D eigenvalue weighted by molar-refractivity contribution is -0.144. The molecule has 2 atom stereocenters. The molecule has 1 aromatic rings. The first-order valence-electron chi connectivity index (χ1n) is 5.50. The lowest BCUT2D eigenvalue weighted by Crippen LogP contribution is -2.41. The van der Waals surface area contributed by atoms with Gasteiger partial charge in [0.2, 0.25) is 10.0 Å². The molecule has 0 amide bonds. The van der Waals surface area contributed by atoms with E-state index in [9.17, 15) is 18.3 Å². The third-order valence-electron chi connectivity index (χ3n) is 2.92. The van der Waals surface area contributed by atoms with E-state index in [1.807, 2.05) is 0 Å². The van der Waals surface area contributed by atoms with E-state index in [1.165, 1.54) is 6.07 Å². The fraction of sp³-hybridized carbons (Fsp3) is 0.500. The second-order valence-corrected chi connectivity index (χ2v) is 8.34. The normalized spacial score (nSPS) is 24.0. The van der Waals surface area contributed by atoms with Gasteiger partial charge in [-0.25, -0.2) is 8.42 Å². The zero-order valence-corrected chi connectivity index (χ0v) is 13.4. The molecule has 1 aliphatic heterocycles. The van der Waals surface area contributed by atoms with Crippen LogP contribution >= 0.6 is 34.5 Å². The number of carbonyl (C=O) groups excluding carboxylic acids is 1. The molecule has 0 radical (unpaired) electrons. The number of esters is 1. The third-order valence-corrected chi connectivity index (χ3v) is 6.55. The van der Waals surface area contributed by atoms with Crippen LogP contribution in [0.25, 0.3) is 0 Å². The zero-order valence-electron chi connectivity index (χ0n) is 10.2. The Hall–Kier alpha value is -0.380. The number of methoxy groups -OCH3 is 1. The van der Waals surface area contributed by atoms with Gasteiger partial charge < -0.3 is 9.84 Å². The van der Waals surface area contributed by atoms with E-state index in [0.717, 1.165) is 22.8 Å². The van der Waals surface area contributed by atoms with E-state index in [1.54, 1.807) is 0 Å². The van der Waals surface area contributed by atoms with Crippen LogP contribution in [0, 0.1) is 0 Å². The molecule has 1 saturated heterocycles. The Labute approximate surface area is 129 Å². The molecule has 10 heteroatoms. The number of thiophene rings is 1. The Morgan fingerprint density at radius 1 is 1.55 bits per heavy atom. The standard InChI is InChI=1S/C10H11Cl2NO5S2/c1-18-10(15)6-2-5(14)4-13(6)20(16,17)7-3-8(11)19-9(7)12/h3,5-6,14H,2,4H2,1H3. The first-order valence-corrected chi connectivity index (χ1v) is 8.51. The van der Waals surface area contributed by atoms with Gasteiger partial charge >= 0.3 is 5.97 Å². The number of halogens is 2. The minimum atomic E-state index is -4.02. The monoisotopic (exact) mass is 359 g/mol. The molecule has 0 spiro atoms. The number of rotatable bonds is 3. The van der Waals surface area contributed by atoms with Gasteiger partial charge in [0.15, 0.2) is 0 Å². The van der Waals surface area contributed by atoms with Gasteiger partial charge in [0.05, 0.1) is 17.6 Å². The van der Waals surface area contributed by atoms with Crippen molar-refractivity contribution in [3.63, 3.8) is 0 Å². The van der Waals surface area contributed by atoms with Crippen LogP contribution in [0.3, 0.4) is 0 Å². The van der Waals surface area contributed by atoms with Crippen molar-refractivity contribution >= 4 is 50.5 Å². The van der Waals surface area contributed by atoms with Crippen molar-refractivity contribution in [2.75, 3.05) is 13.7 Å². The molecule has 1 N–H and O–H groups in total. The molecule has 2 heterocycles. The topological polar surface area (TPSA) is 83.9 Å². The summed E-state index contributed by atoms with van der Waals surface area (Å²) in [7, 11) is -2.86. The molecule has 112 valence electrons. The zero-order chi connectivity index (χ0) is 15.1. The maximum absolute atomic E-state index is 12.5. The van der Waals surface area contributed by atoms with Crippen molar-refractivity contribution in [3.8, 4) is 0 Å². The van der Waals surface area contributed by atoms with Gasteiger partial charge in [0, 0.05) is 13.0 Å². The summed E-state index contributed by atoms with van der Waals surface area (Å²) in [4.78, 5) is 11.5. The van der Waals surface area contributed by atoms with E-state index in [0.29, 0.717) is 0 Å². The number of ether oxygens (including phenoxy) is 1. The maximum Gasteiger partial charge on any atom is 0.324 e. The fourth-order valence-corrected chi connectivity index (χ4v) is 5.77. The van der Waals surface area contributed by atoms with E-state index >= 15 is 0 Å². The summed E-state index contributed by atoms with van der Waals surface area (Å²) in [6.45, 7) is -0.189. The second-order valence-electron chi connectivity index (χ2n) is 4.19. The Morgan fingerprint density at radius 3 is 2.70 bits per heavy atom. The van der Waals surface area contributed by atoms with Gasteiger partial charge in [-0.2, -0.15) is 4.31 Å².